The molecule has 0 aliphatic carbocycles. The number of aliphatic imine (C=N–C) groups is 1. The van der Waals surface area contributed by atoms with Crippen molar-refractivity contribution in [3.63, 3.8) is 0 Å². The highest BCUT2D eigenvalue weighted by Crippen LogP contribution is 2.31. The zero-order chi connectivity index (χ0) is 21.9. The molecule has 0 aromatic heterocycles. The van der Waals surface area contributed by atoms with Gasteiger partial charge in [0, 0.05) is 38.3 Å². The minimum absolute atomic E-state index is 0.235. The van der Waals surface area contributed by atoms with E-state index in [1.165, 1.54) is 31.2 Å². The summed E-state index contributed by atoms with van der Waals surface area (Å²) in [5, 5.41) is 7.04. The molecule has 0 amide bonds. The van der Waals surface area contributed by atoms with Gasteiger partial charge in [-0.2, -0.15) is 0 Å². The second-order valence-corrected chi connectivity index (χ2v) is 8.43. The number of guanidine groups is 1. The largest absolute Gasteiger partial charge is 0.496 e. The maximum Gasteiger partial charge on any atom is 0.191 e. The lowest BCUT2D eigenvalue weighted by molar-refractivity contribution is 0.141. The molecule has 2 heterocycles. The molecule has 0 spiro atoms. The molecule has 2 aliphatic heterocycles. The van der Waals surface area contributed by atoms with Crippen molar-refractivity contribution in [3.05, 3.63) is 29.8 Å². The Hall–Kier alpha value is -1.83. The van der Waals surface area contributed by atoms with Crippen LogP contribution in [0.25, 0.3) is 0 Å². The van der Waals surface area contributed by atoms with Crippen LogP contribution >= 0.6 is 0 Å². The Kier molecular flexibility index (Phi) is 9.90. The molecule has 2 saturated heterocycles. The number of rotatable bonds is 11. The molecule has 2 fully saturated rings. The summed E-state index contributed by atoms with van der Waals surface area (Å²) in [5.74, 6) is 1.85. The van der Waals surface area contributed by atoms with Crippen molar-refractivity contribution >= 4 is 5.96 Å². The Bertz CT molecular complexity index is 678. The first-order chi connectivity index (χ1) is 15.3. The van der Waals surface area contributed by atoms with Gasteiger partial charge in [-0.1, -0.05) is 18.2 Å². The fourth-order valence-corrected chi connectivity index (χ4v) is 4.77. The van der Waals surface area contributed by atoms with Crippen LogP contribution in [0, 0.1) is 0 Å². The average Bonchev–Trinajstić information content (AvgIpc) is 3.48. The molecule has 2 atom stereocenters. The Morgan fingerprint density at radius 3 is 2.68 bits per heavy atom. The van der Waals surface area contributed by atoms with Crippen molar-refractivity contribution in [1.82, 2.24) is 20.4 Å². The van der Waals surface area contributed by atoms with Crippen LogP contribution < -0.4 is 15.4 Å². The second kappa shape index (κ2) is 12.9. The molecule has 7 heteroatoms. The van der Waals surface area contributed by atoms with Crippen molar-refractivity contribution in [3.8, 4) is 5.75 Å². The highest BCUT2D eigenvalue weighted by Gasteiger charge is 2.26. The Labute approximate surface area is 188 Å². The number of hydrogen-bond donors (Lipinski definition) is 2. The molecule has 31 heavy (non-hydrogen) atoms. The van der Waals surface area contributed by atoms with Gasteiger partial charge in [-0.25, -0.2) is 0 Å². The minimum atomic E-state index is 0.235. The summed E-state index contributed by atoms with van der Waals surface area (Å²) >= 11 is 0. The lowest BCUT2D eigenvalue weighted by atomic mass is 10.0. The first kappa shape index (κ1) is 23.8. The number of methoxy groups -OCH3 is 2. The molecule has 7 nitrogen and oxygen atoms in total. The van der Waals surface area contributed by atoms with Gasteiger partial charge in [-0.3, -0.25) is 14.8 Å². The van der Waals surface area contributed by atoms with Crippen molar-refractivity contribution in [1.29, 1.82) is 0 Å². The first-order valence-electron chi connectivity index (χ1n) is 11.9. The van der Waals surface area contributed by atoms with Gasteiger partial charge in [0.05, 0.1) is 26.3 Å². The Morgan fingerprint density at radius 2 is 1.94 bits per heavy atom. The predicted octanol–water partition coefficient (Wildman–Crippen LogP) is 2.50. The van der Waals surface area contributed by atoms with E-state index < -0.39 is 0 Å². The van der Waals surface area contributed by atoms with Crippen LogP contribution in [0.3, 0.4) is 0 Å². The van der Waals surface area contributed by atoms with Gasteiger partial charge in [0.15, 0.2) is 5.96 Å². The summed E-state index contributed by atoms with van der Waals surface area (Å²) in [7, 11) is 3.53. The molecular weight excluding hydrogens is 390 g/mol. The SMILES string of the molecule is CCNC(=NCC(c1ccccc1OC)N1CCCC1)NCC1CCCN1CCOC. The van der Waals surface area contributed by atoms with Gasteiger partial charge >= 0.3 is 0 Å². The standard InChI is InChI=1S/C24H41N5O2/c1-4-25-24(26-18-20-10-9-15-28(20)16-17-30-2)27-19-22(29-13-7-8-14-29)21-11-5-6-12-23(21)31-3/h5-6,11-12,20,22H,4,7-10,13-19H2,1-3H3,(H2,25,26,27). The van der Waals surface area contributed by atoms with E-state index in [-0.39, 0.29) is 6.04 Å². The van der Waals surface area contributed by atoms with E-state index in [2.05, 4.69) is 45.6 Å². The molecule has 3 rings (SSSR count). The molecule has 2 N–H and O–H groups in total. The first-order valence-corrected chi connectivity index (χ1v) is 11.9. The van der Waals surface area contributed by atoms with E-state index in [9.17, 15) is 0 Å². The van der Waals surface area contributed by atoms with Crippen LogP contribution in [0.4, 0.5) is 0 Å². The van der Waals surface area contributed by atoms with Gasteiger partial charge in [0.2, 0.25) is 0 Å². The Morgan fingerprint density at radius 1 is 1.13 bits per heavy atom. The molecule has 174 valence electrons. The van der Waals surface area contributed by atoms with Crippen LogP contribution in [0.15, 0.2) is 29.3 Å². The fourth-order valence-electron chi connectivity index (χ4n) is 4.77. The van der Waals surface area contributed by atoms with Crippen molar-refractivity contribution in [2.24, 2.45) is 4.99 Å². The van der Waals surface area contributed by atoms with E-state index in [4.69, 9.17) is 14.5 Å². The van der Waals surface area contributed by atoms with E-state index in [1.807, 2.05) is 6.07 Å². The number of ether oxygens (including phenoxy) is 2. The summed E-state index contributed by atoms with van der Waals surface area (Å²) < 4.78 is 11.0. The number of nitrogens with one attached hydrogen (secondary N) is 2. The van der Waals surface area contributed by atoms with Crippen LogP contribution in [-0.4, -0.2) is 88.4 Å². The molecule has 0 radical (unpaired) electrons. The zero-order valence-corrected chi connectivity index (χ0v) is 19.6. The lowest BCUT2D eigenvalue weighted by Gasteiger charge is -2.28. The van der Waals surface area contributed by atoms with Crippen molar-refractivity contribution in [2.45, 2.75) is 44.7 Å². The number of para-hydroxylation sites is 1. The third-order valence-electron chi connectivity index (χ3n) is 6.43. The number of nitrogens with zero attached hydrogens (tertiary/aromatic N) is 3. The van der Waals surface area contributed by atoms with Gasteiger partial charge in [-0.15, -0.1) is 0 Å². The molecule has 2 aliphatic rings. The topological polar surface area (TPSA) is 61.4 Å². The molecule has 0 bridgehead atoms. The fraction of sp³-hybridized carbons (Fsp3) is 0.708. The van der Waals surface area contributed by atoms with Gasteiger partial charge in [-0.05, 0) is 58.3 Å². The minimum Gasteiger partial charge on any atom is -0.496 e. The number of hydrogen-bond acceptors (Lipinski definition) is 5. The maximum atomic E-state index is 5.68. The van der Waals surface area contributed by atoms with E-state index >= 15 is 0 Å². The Balaban J connectivity index is 1.67. The van der Waals surface area contributed by atoms with E-state index in [0.717, 1.165) is 57.6 Å². The van der Waals surface area contributed by atoms with Crippen LogP contribution in [0.5, 0.6) is 5.75 Å². The van der Waals surface area contributed by atoms with Gasteiger partial charge in [0.25, 0.3) is 0 Å². The van der Waals surface area contributed by atoms with Gasteiger partial charge in [0.1, 0.15) is 5.75 Å². The summed E-state index contributed by atoms with van der Waals surface area (Å²) in [6, 6.07) is 9.16. The van der Waals surface area contributed by atoms with E-state index in [0.29, 0.717) is 12.6 Å². The highest BCUT2D eigenvalue weighted by molar-refractivity contribution is 5.79. The molecule has 0 saturated carbocycles. The third-order valence-corrected chi connectivity index (χ3v) is 6.43. The predicted molar refractivity (Wildman–Crippen MR) is 127 cm³/mol. The highest BCUT2D eigenvalue weighted by atomic mass is 16.5. The zero-order valence-electron chi connectivity index (χ0n) is 19.6. The van der Waals surface area contributed by atoms with E-state index in [1.54, 1.807) is 14.2 Å². The second-order valence-electron chi connectivity index (χ2n) is 8.43. The third kappa shape index (κ3) is 6.82. The summed E-state index contributed by atoms with van der Waals surface area (Å²) in [5.41, 5.74) is 1.23. The van der Waals surface area contributed by atoms with Crippen LogP contribution in [0.1, 0.15) is 44.2 Å². The monoisotopic (exact) mass is 431 g/mol. The van der Waals surface area contributed by atoms with Crippen molar-refractivity contribution < 1.29 is 9.47 Å². The lowest BCUT2D eigenvalue weighted by Crippen LogP contribution is -2.45. The quantitative estimate of drug-likeness (QED) is 0.415. The van der Waals surface area contributed by atoms with Crippen LogP contribution in [-0.2, 0) is 4.74 Å². The molecule has 1 aromatic rings. The molecule has 1 aromatic carbocycles. The normalized spacial score (nSPS) is 21.4. The summed E-state index contributed by atoms with van der Waals surface area (Å²) in [6.07, 6.45) is 5.00. The maximum absolute atomic E-state index is 5.68. The van der Waals surface area contributed by atoms with Gasteiger partial charge < -0.3 is 20.1 Å². The van der Waals surface area contributed by atoms with Crippen LogP contribution in [0.2, 0.25) is 0 Å². The number of likely N-dealkylation sites (tertiary alicyclic amines) is 2. The molecule has 2 unspecified atom stereocenters. The summed E-state index contributed by atoms with van der Waals surface area (Å²) in [6.45, 7) is 9.81. The molecular formula is C24H41N5O2. The average molecular weight is 432 g/mol. The smallest absolute Gasteiger partial charge is 0.191 e. The van der Waals surface area contributed by atoms with Crippen molar-refractivity contribution in [2.75, 3.05) is 66.6 Å². The summed E-state index contributed by atoms with van der Waals surface area (Å²) in [4.78, 5) is 10.1. The number of benzene rings is 1.